The Morgan fingerprint density at radius 1 is 1.14 bits per heavy atom. The lowest BCUT2D eigenvalue weighted by atomic mass is 10.1. The van der Waals surface area contributed by atoms with Gasteiger partial charge in [0.1, 0.15) is 11.6 Å². The largest absolute Gasteiger partial charge is 0.497 e. The van der Waals surface area contributed by atoms with Crippen LogP contribution in [0.1, 0.15) is 12.5 Å². The van der Waals surface area contributed by atoms with Crippen molar-refractivity contribution in [2.45, 2.75) is 19.1 Å². The number of rotatable bonds is 3. The van der Waals surface area contributed by atoms with Crippen LogP contribution in [0.3, 0.4) is 0 Å². The average molecular weight is 411 g/mol. The van der Waals surface area contributed by atoms with E-state index < -0.39 is 29.3 Å². The third kappa shape index (κ3) is 4.55. The Kier molecular flexibility index (Phi) is 5.86. The van der Waals surface area contributed by atoms with Gasteiger partial charge in [0.15, 0.2) is 0 Å². The molecule has 1 atom stereocenters. The van der Waals surface area contributed by atoms with Crippen molar-refractivity contribution < 1.29 is 27.1 Å². The van der Waals surface area contributed by atoms with Gasteiger partial charge < -0.3 is 19.9 Å². The van der Waals surface area contributed by atoms with Gasteiger partial charge in [-0.25, -0.2) is 9.18 Å². The number of carbonyl (C=O) groups is 1. The number of halogens is 4. The molecule has 2 aromatic carbocycles. The van der Waals surface area contributed by atoms with E-state index in [-0.39, 0.29) is 19.1 Å². The summed E-state index contributed by atoms with van der Waals surface area (Å²) in [5.41, 5.74) is -1.11. The molecule has 0 spiro atoms. The number of methoxy groups -OCH3 is 1. The highest BCUT2D eigenvalue weighted by molar-refractivity contribution is 5.90. The molecule has 1 heterocycles. The number of amides is 2. The number of benzene rings is 2. The molecule has 0 saturated carbocycles. The molecule has 1 aliphatic heterocycles. The van der Waals surface area contributed by atoms with Gasteiger partial charge >= 0.3 is 12.2 Å². The van der Waals surface area contributed by atoms with Gasteiger partial charge in [0.05, 0.1) is 18.4 Å². The van der Waals surface area contributed by atoms with Crippen molar-refractivity contribution in [3.63, 3.8) is 0 Å². The number of alkyl halides is 3. The number of ether oxygens (including phenoxy) is 1. The van der Waals surface area contributed by atoms with Crippen LogP contribution in [0.5, 0.6) is 5.75 Å². The van der Waals surface area contributed by atoms with Crippen LogP contribution in [0.2, 0.25) is 0 Å². The molecular weight excluding hydrogens is 390 g/mol. The SMILES string of the molecule is COc1ccc(N2CCN(C(=O)Nc3c(F)cccc3C(F)(F)F)CC2C)cc1. The smallest absolute Gasteiger partial charge is 0.418 e. The number of anilines is 2. The second-order valence-electron chi connectivity index (χ2n) is 6.78. The van der Waals surface area contributed by atoms with E-state index in [1.54, 1.807) is 7.11 Å². The number of piperazine rings is 1. The number of para-hydroxylation sites is 1. The maximum atomic E-state index is 14.0. The van der Waals surface area contributed by atoms with Crippen molar-refractivity contribution in [2.24, 2.45) is 0 Å². The molecule has 0 aliphatic carbocycles. The standard InChI is InChI=1S/C20H21F4N3O2/c1-13-12-26(10-11-27(13)14-6-8-15(29-2)9-7-14)19(28)25-18-16(20(22,23)24)4-3-5-17(18)21/h3-9,13H,10-12H2,1-2H3,(H,25,28). The van der Waals surface area contributed by atoms with Gasteiger partial charge in [0.25, 0.3) is 0 Å². The lowest BCUT2D eigenvalue weighted by Gasteiger charge is -2.41. The molecule has 1 saturated heterocycles. The fourth-order valence-corrected chi connectivity index (χ4v) is 3.37. The van der Waals surface area contributed by atoms with Gasteiger partial charge in [0.2, 0.25) is 0 Å². The molecule has 29 heavy (non-hydrogen) atoms. The summed E-state index contributed by atoms with van der Waals surface area (Å²) >= 11 is 0. The van der Waals surface area contributed by atoms with E-state index in [9.17, 15) is 22.4 Å². The summed E-state index contributed by atoms with van der Waals surface area (Å²) in [6.45, 7) is 2.98. The van der Waals surface area contributed by atoms with Crippen molar-refractivity contribution >= 4 is 17.4 Å². The van der Waals surface area contributed by atoms with E-state index in [4.69, 9.17) is 4.74 Å². The van der Waals surface area contributed by atoms with Crippen LogP contribution in [0.25, 0.3) is 0 Å². The number of carbonyl (C=O) groups excluding carboxylic acids is 1. The molecule has 2 aromatic rings. The second-order valence-corrected chi connectivity index (χ2v) is 6.78. The summed E-state index contributed by atoms with van der Waals surface area (Å²) in [5.74, 6) is -0.400. The van der Waals surface area contributed by atoms with Gasteiger partial charge in [-0.15, -0.1) is 0 Å². The normalized spacial score (nSPS) is 17.2. The first-order chi connectivity index (χ1) is 13.7. The summed E-state index contributed by atoms with van der Waals surface area (Å²) in [5, 5.41) is 2.10. The van der Waals surface area contributed by atoms with Crippen LogP contribution in [-0.4, -0.2) is 43.7 Å². The molecule has 3 rings (SSSR count). The van der Waals surface area contributed by atoms with Crippen molar-refractivity contribution in [3.8, 4) is 5.75 Å². The van der Waals surface area contributed by atoms with Gasteiger partial charge in [-0.05, 0) is 43.3 Å². The molecule has 5 nitrogen and oxygen atoms in total. The Balaban J connectivity index is 1.70. The summed E-state index contributed by atoms with van der Waals surface area (Å²) < 4.78 is 58.5. The highest BCUT2D eigenvalue weighted by Crippen LogP contribution is 2.36. The molecule has 1 unspecified atom stereocenters. The maximum Gasteiger partial charge on any atom is 0.418 e. The quantitative estimate of drug-likeness (QED) is 0.751. The number of urea groups is 1. The number of hydrogen-bond donors (Lipinski definition) is 1. The molecule has 1 fully saturated rings. The van der Waals surface area contributed by atoms with E-state index >= 15 is 0 Å². The fraction of sp³-hybridized carbons (Fsp3) is 0.350. The van der Waals surface area contributed by atoms with Crippen LogP contribution in [-0.2, 0) is 6.18 Å². The van der Waals surface area contributed by atoms with Gasteiger partial charge in [-0.3, -0.25) is 0 Å². The second kappa shape index (κ2) is 8.18. The topological polar surface area (TPSA) is 44.8 Å². The first kappa shape index (κ1) is 20.8. The van der Waals surface area contributed by atoms with Crippen molar-refractivity contribution in [1.29, 1.82) is 0 Å². The average Bonchev–Trinajstić information content (AvgIpc) is 2.68. The van der Waals surface area contributed by atoms with E-state index in [1.807, 2.05) is 31.2 Å². The molecule has 0 bridgehead atoms. The minimum absolute atomic E-state index is 0.0781. The molecule has 0 aromatic heterocycles. The number of nitrogens with zero attached hydrogens (tertiary/aromatic N) is 2. The van der Waals surface area contributed by atoms with E-state index in [1.165, 1.54) is 4.90 Å². The Hall–Kier alpha value is -2.97. The van der Waals surface area contributed by atoms with Gasteiger partial charge in [-0.2, -0.15) is 13.2 Å². The number of nitrogens with one attached hydrogen (secondary N) is 1. The van der Waals surface area contributed by atoms with Crippen LogP contribution in [0, 0.1) is 5.82 Å². The van der Waals surface area contributed by atoms with Gasteiger partial charge in [-0.1, -0.05) is 6.07 Å². The maximum absolute atomic E-state index is 14.0. The third-order valence-corrected chi connectivity index (χ3v) is 4.87. The highest BCUT2D eigenvalue weighted by Gasteiger charge is 2.36. The third-order valence-electron chi connectivity index (χ3n) is 4.87. The minimum atomic E-state index is -4.77. The zero-order valence-corrected chi connectivity index (χ0v) is 16.0. The van der Waals surface area contributed by atoms with Crippen LogP contribution in [0.4, 0.5) is 33.7 Å². The van der Waals surface area contributed by atoms with Crippen LogP contribution >= 0.6 is 0 Å². The molecule has 156 valence electrons. The first-order valence-electron chi connectivity index (χ1n) is 9.03. The van der Waals surface area contributed by atoms with E-state index in [0.29, 0.717) is 6.54 Å². The Morgan fingerprint density at radius 2 is 1.83 bits per heavy atom. The van der Waals surface area contributed by atoms with E-state index in [2.05, 4.69) is 10.2 Å². The predicted molar refractivity (Wildman–Crippen MR) is 102 cm³/mol. The fourth-order valence-electron chi connectivity index (χ4n) is 3.37. The summed E-state index contributed by atoms with van der Waals surface area (Å²) in [6.07, 6.45) is -4.77. The van der Waals surface area contributed by atoms with Gasteiger partial charge in [0, 0.05) is 31.4 Å². The summed E-state index contributed by atoms with van der Waals surface area (Å²) in [6, 6.07) is 9.21. The molecule has 1 N–H and O–H groups in total. The Morgan fingerprint density at radius 3 is 2.41 bits per heavy atom. The lowest BCUT2D eigenvalue weighted by Crippen LogP contribution is -2.54. The lowest BCUT2D eigenvalue weighted by molar-refractivity contribution is -0.137. The Bertz CT molecular complexity index is 871. The van der Waals surface area contributed by atoms with Crippen molar-refractivity contribution in [1.82, 2.24) is 4.90 Å². The monoisotopic (exact) mass is 411 g/mol. The van der Waals surface area contributed by atoms with Crippen molar-refractivity contribution in [3.05, 3.63) is 53.8 Å². The molecule has 1 aliphatic rings. The molecule has 2 amide bonds. The molecule has 9 heteroatoms. The highest BCUT2D eigenvalue weighted by atomic mass is 19.4. The molecule has 0 radical (unpaired) electrons. The summed E-state index contributed by atoms with van der Waals surface area (Å²) in [7, 11) is 1.58. The zero-order chi connectivity index (χ0) is 21.2. The summed E-state index contributed by atoms with van der Waals surface area (Å²) in [4.78, 5) is 16.0. The van der Waals surface area contributed by atoms with Crippen LogP contribution < -0.4 is 15.0 Å². The first-order valence-corrected chi connectivity index (χ1v) is 9.03. The zero-order valence-electron chi connectivity index (χ0n) is 16.0. The number of hydrogen-bond acceptors (Lipinski definition) is 3. The minimum Gasteiger partial charge on any atom is -0.497 e. The van der Waals surface area contributed by atoms with E-state index in [0.717, 1.165) is 29.6 Å². The van der Waals surface area contributed by atoms with Crippen molar-refractivity contribution in [2.75, 3.05) is 37.0 Å². The molecular formula is C20H21F4N3O2. The van der Waals surface area contributed by atoms with Crippen LogP contribution in [0.15, 0.2) is 42.5 Å². The predicted octanol–water partition coefficient (Wildman–Crippen LogP) is 4.60. The Labute approximate surface area is 165 Å².